The highest BCUT2D eigenvalue weighted by molar-refractivity contribution is 5.57. The van der Waals surface area contributed by atoms with E-state index in [-0.39, 0.29) is 29.0 Å². The van der Waals surface area contributed by atoms with Crippen molar-refractivity contribution in [3.05, 3.63) is 46.1 Å². The molecule has 0 aliphatic carbocycles. The molecule has 0 aliphatic heterocycles. The van der Waals surface area contributed by atoms with Crippen LogP contribution >= 0.6 is 0 Å². The van der Waals surface area contributed by atoms with Crippen LogP contribution in [0, 0.1) is 11.8 Å². The third-order valence-corrected chi connectivity index (χ3v) is 4.17. The minimum Gasteiger partial charge on any atom is -0.382 e. The zero-order chi connectivity index (χ0) is 22.2. The number of anilines is 2. The maximum absolute atomic E-state index is 13.1. The van der Waals surface area contributed by atoms with E-state index in [2.05, 4.69) is 21.8 Å². The lowest BCUT2D eigenvalue weighted by Crippen LogP contribution is -2.19. The standard InChI is InChI=1S/C19H18F6N4/c1-4-14-13(15(26)29-16(27)28-14)5-6-17(2,3)10-7-11(18(20,21)22)9-12(8-10)19(23,24)25/h7-9H,4H2,1-3H3,(H4,26,27,28,29). The summed E-state index contributed by atoms with van der Waals surface area (Å²) in [7, 11) is 0. The molecule has 0 bridgehead atoms. The van der Waals surface area contributed by atoms with Crippen molar-refractivity contribution >= 4 is 11.8 Å². The molecule has 0 amide bonds. The Labute approximate surface area is 163 Å². The number of nitrogens with two attached hydrogens (primary N) is 2. The van der Waals surface area contributed by atoms with Gasteiger partial charge in [-0.1, -0.05) is 18.8 Å². The third kappa shape index (κ3) is 5.10. The third-order valence-electron chi connectivity index (χ3n) is 4.17. The second kappa shape index (κ2) is 7.46. The maximum Gasteiger partial charge on any atom is 0.416 e. The molecule has 0 atom stereocenters. The number of nitrogen functional groups attached to an aromatic ring is 2. The molecule has 10 heteroatoms. The van der Waals surface area contributed by atoms with Crippen LogP contribution in [0.4, 0.5) is 38.1 Å². The van der Waals surface area contributed by atoms with E-state index in [1.807, 2.05) is 0 Å². The van der Waals surface area contributed by atoms with E-state index in [9.17, 15) is 26.3 Å². The van der Waals surface area contributed by atoms with Gasteiger partial charge in [-0.25, -0.2) is 4.98 Å². The first-order chi connectivity index (χ1) is 13.1. The number of nitrogens with zero attached hydrogens (tertiary/aromatic N) is 2. The quantitative estimate of drug-likeness (QED) is 0.555. The highest BCUT2D eigenvalue weighted by Gasteiger charge is 2.38. The first-order valence-electron chi connectivity index (χ1n) is 8.40. The van der Waals surface area contributed by atoms with Crippen LogP contribution in [-0.2, 0) is 24.2 Å². The summed E-state index contributed by atoms with van der Waals surface area (Å²) in [4.78, 5) is 7.80. The van der Waals surface area contributed by atoms with E-state index in [0.29, 0.717) is 24.2 Å². The lowest BCUT2D eigenvalue weighted by molar-refractivity contribution is -0.143. The fourth-order valence-electron chi connectivity index (χ4n) is 2.55. The minimum absolute atomic E-state index is 0.0160. The van der Waals surface area contributed by atoms with Gasteiger partial charge in [0.25, 0.3) is 0 Å². The Hall–Kier alpha value is -2.96. The molecule has 4 N–H and O–H groups in total. The van der Waals surface area contributed by atoms with Crippen molar-refractivity contribution in [2.45, 2.75) is 45.0 Å². The van der Waals surface area contributed by atoms with Gasteiger partial charge in [-0.15, -0.1) is 0 Å². The summed E-state index contributed by atoms with van der Waals surface area (Å²) in [5, 5.41) is 0. The summed E-state index contributed by atoms with van der Waals surface area (Å²) in [6, 6.07) is 1.40. The molecule has 2 aromatic rings. The molecule has 156 valence electrons. The van der Waals surface area contributed by atoms with Gasteiger partial charge in [0.15, 0.2) is 0 Å². The summed E-state index contributed by atoms with van der Waals surface area (Å²) < 4.78 is 78.7. The molecule has 2 rings (SSSR count). The zero-order valence-electron chi connectivity index (χ0n) is 15.8. The number of aromatic nitrogens is 2. The van der Waals surface area contributed by atoms with Crippen LogP contribution in [0.25, 0.3) is 0 Å². The van der Waals surface area contributed by atoms with Crippen molar-refractivity contribution in [1.82, 2.24) is 9.97 Å². The number of hydrogen-bond acceptors (Lipinski definition) is 4. The number of halogens is 6. The monoisotopic (exact) mass is 416 g/mol. The fraction of sp³-hybridized carbons (Fsp3) is 0.368. The van der Waals surface area contributed by atoms with Crippen LogP contribution in [0.1, 0.15) is 48.7 Å². The topological polar surface area (TPSA) is 77.8 Å². The highest BCUT2D eigenvalue weighted by Crippen LogP contribution is 2.38. The summed E-state index contributed by atoms with van der Waals surface area (Å²) >= 11 is 0. The van der Waals surface area contributed by atoms with E-state index in [4.69, 9.17) is 11.5 Å². The number of hydrogen-bond donors (Lipinski definition) is 2. The molecule has 1 heterocycles. The van der Waals surface area contributed by atoms with Gasteiger partial charge in [-0.3, -0.25) is 0 Å². The molecule has 4 nitrogen and oxygen atoms in total. The Kier molecular flexibility index (Phi) is 5.75. The minimum atomic E-state index is -4.94. The van der Waals surface area contributed by atoms with E-state index >= 15 is 0 Å². The summed E-state index contributed by atoms with van der Waals surface area (Å²) in [5.74, 6) is 5.32. The maximum atomic E-state index is 13.1. The van der Waals surface area contributed by atoms with Crippen molar-refractivity contribution in [3.8, 4) is 11.8 Å². The lowest BCUT2D eigenvalue weighted by Gasteiger charge is -2.22. The first-order valence-corrected chi connectivity index (χ1v) is 8.40. The first kappa shape index (κ1) is 22.3. The van der Waals surface area contributed by atoms with E-state index < -0.39 is 28.9 Å². The molecule has 0 radical (unpaired) electrons. The van der Waals surface area contributed by atoms with Gasteiger partial charge in [0.05, 0.1) is 27.8 Å². The molecule has 0 spiro atoms. The number of benzene rings is 1. The van der Waals surface area contributed by atoms with Crippen molar-refractivity contribution in [3.63, 3.8) is 0 Å². The van der Waals surface area contributed by atoms with Crippen molar-refractivity contribution in [2.24, 2.45) is 0 Å². The molecular weight excluding hydrogens is 398 g/mol. The van der Waals surface area contributed by atoms with Crippen LogP contribution in [0.5, 0.6) is 0 Å². The van der Waals surface area contributed by atoms with Gasteiger partial charge in [0.1, 0.15) is 5.82 Å². The highest BCUT2D eigenvalue weighted by atomic mass is 19.4. The fourth-order valence-corrected chi connectivity index (χ4v) is 2.55. The molecule has 0 saturated carbocycles. The average Bonchev–Trinajstić information content (AvgIpc) is 2.58. The summed E-state index contributed by atoms with van der Waals surface area (Å²) in [6.07, 6.45) is -9.47. The smallest absolute Gasteiger partial charge is 0.382 e. The predicted molar refractivity (Wildman–Crippen MR) is 96.6 cm³/mol. The van der Waals surface area contributed by atoms with Crippen LogP contribution in [0.3, 0.4) is 0 Å². The molecule has 0 saturated heterocycles. The van der Waals surface area contributed by atoms with Crippen LogP contribution in [0.15, 0.2) is 18.2 Å². The van der Waals surface area contributed by atoms with Crippen LogP contribution < -0.4 is 11.5 Å². The zero-order valence-corrected chi connectivity index (χ0v) is 15.8. The molecule has 1 aromatic heterocycles. The van der Waals surface area contributed by atoms with Crippen LogP contribution in [-0.4, -0.2) is 9.97 Å². The van der Waals surface area contributed by atoms with Crippen molar-refractivity contribution in [1.29, 1.82) is 0 Å². The molecule has 0 unspecified atom stereocenters. The van der Waals surface area contributed by atoms with Gasteiger partial charge in [0, 0.05) is 0 Å². The molecular formula is C19H18F6N4. The average molecular weight is 416 g/mol. The van der Waals surface area contributed by atoms with Gasteiger partial charge in [0.2, 0.25) is 5.95 Å². The second-order valence-corrected chi connectivity index (χ2v) is 6.81. The number of aryl methyl sites for hydroxylation is 1. The molecule has 0 fully saturated rings. The Morgan fingerprint density at radius 2 is 1.34 bits per heavy atom. The Morgan fingerprint density at radius 1 is 0.862 bits per heavy atom. The largest absolute Gasteiger partial charge is 0.416 e. The van der Waals surface area contributed by atoms with Crippen molar-refractivity contribution in [2.75, 3.05) is 11.5 Å². The Morgan fingerprint density at radius 3 is 1.79 bits per heavy atom. The Balaban J connectivity index is 2.63. The molecule has 0 aliphatic rings. The van der Waals surface area contributed by atoms with Gasteiger partial charge in [-0.2, -0.15) is 31.3 Å². The predicted octanol–water partition coefficient (Wildman–Crippen LogP) is 4.57. The van der Waals surface area contributed by atoms with Crippen LogP contribution in [0.2, 0.25) is 0 Å². The summed E-state index contributed by atoms with van der Waals surface area (Å²) in [5.41, 5.74) is 7.59. The SMILES string of the molecule is CCc1nc(N)nc(N)c1C#CC(C)(C)c1cc(C(F)(F)F)cc(C(F)(F)F)c1. The van der Waals surface area contributed by atoms with E-state index in [1.54, 1.807) is 6.92 Å². The molecule has 29 heavy (non-hydrogen) atoms. The molecule has 1 aromatic carbocycles. The van der Waals surface area contributed by atoms with Gasteiger partial charge < -0.3 is 11.5 Å². The summed E-state index contributed by atoms with van der Waals surface area (Å²) in [6.45, 7) is 4.59. The Bertz CT molecular complexity index is 949. The number of rotatable bonds is 2. The van der Waals surface area contributed by atoms with Gasteiger partial charge >= 0.3 is 12.4 Å². The van der Waals surface area contributed by atoms with E-state index in [0.717, 1.165) is 0 Å². The van der Waals surface area contributed by atoms with Gasteiger partial charge in [-0.05, 0) is 44.0 Å². The van der Waals surface area contributed by atoms with E-state index in [1.165, 1.54) is 13.8 Å². The lowest BCUT2D eigenvalue weighted by atomic mass is 9.83. The second-order valence-electron chi connectivity index (χ2n) is 6.81. The normalized spacial score (nSPS) is 12.4. The number of alkyl halides is 6. The van der Waals surface area contributed by atoms with Crippen molar-refractivity contribution < 1.29 is 26.3 Å².